The first-order valence-corrected chi connectivity index (χ1v) is 15.4. The van der Waals surface area contributed by atoms with Crippen molar-refractivity contribution < 1.29 is 14.3 Å². The van der Waals surface area contributed by atoms with E-state index in [1.54, 1.807) is 0 Å². The number of amides is 2. The molecule has 4 aliphatic rings. The van der Waals surface area contributed by atoms with Crippen LogP contribution in [0.2, 0.25) is 0 Å². The van der Waals surface area contributed by atoms with Gasteiger partial charge >= 0.3 is 0 Å². The second-order valence-electron chi connectivity index (χ2n) is 12.5. The molecular formula is C32H46N4O3. The highest BCUT2D eigenvalue weighted by atomic mass is 16.5. The molecule has 0 aromatic heterocycles. The fraction of sp³-hybridized carbons (Fsp3) is 0.719. The SMILES string of the molecule is N#CC1(NC(=O)C(CC(=O)N2CCOCC2)CC2CCC(c3ccccc3)CC2)CCN(C2CCCCC2)C1. The molecule has 2 aliphatic heterocycles. The van der Waals surface area contributed by atoms with E-state index in [1.165, 1.54) is 37.7 Å². The Morgan fingerprint density at radius 3 is 2.41 bits per heavy atom. The van der Waals surface area contributed by atoms with Gasteiger partial charge in [-0.1, -0.05) is 49.6 Å². The van der Waals surface area contributed by atoms with Gasteiger partial charge in [-0.25, -0.2) is 0 Å². The molecule has 7 heteroatoms. The summed E-state index contributed by atoms with van der Waals surface area (Å²) in [6.45, 7) is 3.76. The molecule has 2 amide bonds. The van der Waals surface area contributed by atoms with Crippen molar-refractivity contribution in [2.45, 2.75) is 94.5 Å². The van der Waals surface area contributed by atoms with Crippen molar-refractivity contribution in [3.63, 3.8) is 0 Å². The van der Waals surface area contributed by atoms with Crippen molar-refractivity contribution in [3.05, 3.63) is 35.9 Å². The van der Waals surface area contributed by atoms with Crippen LogP contribution in [0.5, 0.6) is 0 Å². The standard InChI is InChI=1S/C32H46N4O3/c33-23-32(15-16-36(24-32)29-9-5-2-6-10-29)34-31(38)28(22-30(37)35-17-19-39-20-18-35)21-25-11-13-27(14-12-25)26-7-3-1-4-8-26/h1,3-4,7-8,25,27-29H,2,5-6,9-22,24H2,(H,34,38). The highest BCUT2D eigenvalue weighted by Crippen LogP contribution is 2.39. The molecule has 1 aromatic rings. The van der Waals surface area contributed by atoms with E-state index in [0.29, 0.717) is 57.1 Å². The highest BCUT2D eigenvalue weighted by Gasteiger charge is 2.43. The Morgan fingerprint density at radius 2 is 1.72 bits per heavy atom. The fourth-order valence-electron chi connectivity index (χ4n) is 7.45. The smallest absolute Gasteiger partial charge is 0.224 e. The summed E-state index contributed by atoms with van der Waals surface area (Å²) in [6.07, 6.45) is 12.2. The van der Waals surface area contributed by atoms with E-state index in [2.05, 4.69) is 46.6 Å². The lowest BCUT2D eigenvalue weighted by atomic mass is 9.75. The number of nitrogens with one attached hydrogen (secondary N) is 1. The summed E-state index contributed by atoms with van der Waals surface area (Å²) in [5.41, 5.74) is 0.562. The van der Waals surface area contributed by atoms with E-state index in [9.17, 15) is 14.9 Å². The summed E-state index contributed by atoms with van der Waals surface area (Å²) >= 11 is 0. The van der Waals surface area contributed by atoms with Crippen LogP contribution in [-0.4, -0.2) is 72.6 Å². The van der Waals surface area contributed by atoms with Crippen LogP contribution >= 0.6 is 0 Å². The van der Waals surface area contributed by atoms with Crippen molar-refractivity contribution >= 4 is 11.8 Å². The Morgan fingerprint density at radius 1 is 1.00 bits per heavy atom. The number of rotatable bonds is 8. The van der Waals surface area contributed by atoms with Crippen molar-refractivity contribution in [2.24, 2.45) is 11.8 Å². The Labute approximate surface area is 234 Å². The van der Waals surface area contributed by atoms with Gasteiger partial charge in [0.1, 0.15) is 5.54 Å². The average Bonchev–Trinajstić information content (AvgIpc) is 3.43. The van der Waals surface area contributed by atoms with Gasteiger partial charge in [0.25, 0.3) is 0 Å². The number of hydrogen-bond acceptors (Lipinski definition) is 5. The number of hydrogen-bond donors (Lipinski definition) is 1. The Kier molecular flexibility index (Phi) is 9.57. The second kappa shape index (κ2) is 13.3. The number of nitriles is 1. The summed E-state index contributed by atoms with van der Waals surface area (Å²) < 4.78 is 5.43. The predicted octanol–water partition coefficient (Wildman–Crippen LogP) is 4.63. The zero-order valence-electron chi connectivity index (χ0n) is 23.5. The maximum atomic E-state index is 13.8. The average molecular weight is 535 g/mol. The predicted molar refractivity (Wildman–Crippen MR) is 151 cm³/mol. The Balaban J connectivity index is 1.23. The monoisotopic (exact) mass is 534 g/mol. The third-order valence-corrected chi connectivity index (χ3v) is 9.86. The minimum Gasteiger partial charge on any atom is -0.378 e. The van der Waals surface area contributed by atoms with Crippen LogP contribution < -0.4 is 5.32 Å². The van der Waals surface area contributed by atoms with Crippen LogP contribution in [-0.2, 0) is 14.3 Å². The molecule has 2 saturated heterocycles. The van der Waals surface area contributed by atoms with E-state index in [0.717, 1.165) is 38.6 Å². The van der Waals surface area contributed by atoms with Gasteiger partial charge in [-0.2, -0.15) is 5.26 Å². The normalized spacial score (nSPS) is 29.5. The lowest BCUT2D eigenvalue weighted by Crippen LogP contribution is -2.53. The number of likely N-dealkylation sites (tertiary alicyclic amines) is 1. The summed E-state index contributed by atoms with van der Waals surface area (Å²) in [7, 11) is 0. The van der Waals surface area contributed by atoms with Gasteiger partial charge in [0.05, 0.1) is 19.3 Å². The van der Waals surface area contributed by atoms with Gasteiger partial charge in [0.2, 0.25) is 11.8 Å². The molecule has 0 bridgehead atoms. The molecule has 212 valence electrons. The first kappa shape index (κ1) is 28.1. The van der Waals surface area contributed by atoms with Crippen LogP contribution in [0.15, 0.2) is 30.3 Å². The summed E-state index contributed by atoms with van der Waals surface area (Å²) in [4.78, 5) is 31.4. The minimum absolute atomic E-state index is 0.0395. The van der Waals surface area contributed by atoms with E-state index in [-0.39, 0.29) is 18.2 Å². The molecule has 7 nitrogen and oxygen atoms in total. The van der Waals surface area contributed by atoms with E-state index in [4.69, 9.17) is 4.74 Å². The van der Waals surface area contributed by atoms with E-state index >= 15 is 0 Å². The van der Waals surface area contributed by atoms with Crippen LogP contribution in [0.3, 0.4) is 0 Å². The topological polar surface area (TPSA) is 85.7 Å². The molecule has 0 spiro atoms. The number of carbonyl (C=O) groups is 2. The van der Waals surface area contributed by atoms with Crippen molar-refractivity contribution in [3.8, 4) is 6.07 Å². The number of nitrogens with zero attached hydrogens (tertiary/aromatic N) is 3. The van der Waals surface area contributed by atoms with E-state index < -0.39 is 11.5 Å². The lowest BCUT2D eigenvalue weighted by Gasteiger charge is -2.34. The third-order valence-electron chi connectivity index (χ3n) is 9.86. The molecule has 2 aliphatic carbocycles. The fourth-order valence-corrected chi connectivity index (χ4v) is 7.45. The quantitative estimate of drug-likeness (QED) is 0.526. The van der Waals surface area contributed by atoms with Crippen LogP contribution in [0, 0.1) is 23.2 Å². The molecule has 39 heavy (non-hydrogen) atoms. The number of morpholine rings is 1. The maximum Gasteiger partial charge on any atom is 0.224 e. The zero-order valence-corrected chi connectivity index (χ0v) is 23.5. The first-order chi connectivity index (χ1) is 19.0. The Hall–Kier alpha value is -2.43. The van der Waals surface area contributed by atoms with Crippen molar-refractivity contribution in [1.82, 2.24) is 15.1 Å². The molecule has 5 rings (SSSR count). The van der Waals surface area contributed by atoms with Gasteiger partial charge in [-0.3, -0.25) is 14.5 Å². The van der Waals surface area contributed by atoms with Gasteiger partial charge in [-0.05, 0) is 68.8 Å². The molecule has 1 N–H and O–H groups in total. The largest absolute Gasteiger partial charge is 0.378 e. The second-order valence-corrected chi connectivity index (χ2v) is 12.5. The summed E-state index contributed by atoms with van der Waals surface area (Å²) in [5.74, 6) is 0.550. The van der Waals surface area contributed by atoms with Gasteiger partial charge in [0, 0.05) is 44.6 Å². The summed E-state index contributed by atoms with van der Waals surface area (Å²) in [6, 6.07) is 13.8. The number of benzene rings is 1. The van der Waals surface area contributed by atoms with Gasteiger partial charge < -0.3 is 15.0 Å². The van der Waals surface area contributed by atoms with Crippen molar-refractivity contribution in [2.75, 3.05) is 39.4 Å². The van der Waals surface area contributed by atoms with Crippen LogP contribution in [0.25, 0.3) is 0 Å². The third kappa shape index (κ3) is 7.21. The first-order valence-electron chi connectivity index (χ1n) is 15.4. The number of ether oxygens (including phenoxy) is 1. The van der Waals surface area contributed by atoms with Gasteiger partial charge in [-0.15, -0.1) is 0 Å². The van der Waals surface area contributed by atoms with Crippen LogP contribution in [0.4, 0.5) is 0 Å². The molecule has 1 aromatic carbocycles. The highest BCUT2D eigenvalue weighted by molar-refractivity contribution is 5.86. The molecular weight excluding hydrogens is 488 g/mol. The zero-order chi connectivity index (χ0) is 27.1. The summed E-state index contributed by atoms with van der Waals surface area (Å²) in [5, 5.41) is 13.4. The molecule has 2 heterocycles. The molecule has 0 radical (unpaired) electrons. The van der Waals surface area contributed by atoms with E-state index in [1.807, 2.05) is 4.90 Å². The van der Waals surface area contributed by atoms with Crippen LogP contribution in [0.1, 0.15) is 88.5 Å². The molecule has 2 atom stereocenters. The van der Waals surface area contributed by atoms with Crippen molar-refractivity contribution in [1.29, 1.82) is 5.26 Å². The minimum atomic E-state index is -0.847. The Bertz CT molecular complexity index is 990. The van der Waals surface area contributed by atoms with Gasteiger partial charge in [0.15, 0.2) is 0 Å². The molecule has 2 unspecified atom stereocenters. The number of carbonyl (C=O) groups excluding carboxylic acids is 2. The maximum absolute atomic E-state index is 13.8. The molecule has 4 fully saturated rings. The molecule has 2 saturated carbocycles. The lowest BCUT2D eigenvalue weighted by molar-refractivity contribution is -0.140.